The van der Waals surface area contributed by atoms with Crippen molar-refractivity contribution in [3.05, 3.63) is 65.5 Å². The van der Waals surface area contributed by atoms with Gasteiger partial charge in [0.25, 0.3) is 5.89 Å². The third-order valence-corrected chi connectivity index (χ3v) is 3.39. The van der Waals surface area contributed by atoms with Gasteiger partial charge in [0.05, 0.1) is 29.9 Å². The Kier molecular flexibility index (Phi) is 4.72. The number of hydrogen-bond acceptors (Lipinski definition) is 7. The lowest BCUT2D eigenvalue weighted by molar-refractivity contribution is 0.0430. The van der Waals surface area contributed by atoms with Gasteiger partial charge in [-0.05, 0) is 36.4 Å². The Labute approximate surface area is 143 Å². The van der Waals surface area contributed by atoms with Crippen molar-refractivity contribution < 1.29 is 18.8 Å². The van der Waals surface area contributed by atoms with Gasteiger partial charge in [-0.3, -0.25) is 0 Å². The normalized spacial score (nSPS) is 10.1. The lowest BCUT2D eigenvalue weighted by Gasteiger charge is -2.03. The fourth-order valence-corrected chi connectivity index (χ4v) is 2.14. The zero-order valence-electron chi connectivity index (χ0n) is 13.3. The Morgan fingerprint density at radius 1 is 1.20 bits per heavy atom. The predicted molar refractivity (Wildman–Crippen MR) is 86.6 cm³/mol. The monoisotopic (exact) mass is 335 g/mol. The fraction of sp³-hybridized carbons (Fsp3) is 0.111. The molecule has 0 bridgehead atoms. The molecular weight excluding hydrogens is 322 g/mol. The van der Waals surface area contributed by atoms with Crippen LogP contribution >= 0.6 is 0 Å². The summed E-state index contributed by atoms with van der Waals surface area (Å²) in [6.07, 6.45) is 0. The molecule has 124 valence electrons. The minimum Gasteiger partial charge on any atom is -0.496 e. The number of methoxy groups -OCH3 is 1. The van der Waals surface area contributed by atoms with E-state index in [2.05, 4.69) is 10.1 Å². The van der Waals surface area contributed by atoms with Gasteiger partial charge in [-0.15, -0.1) is 0 Å². The number of rotatable bonds is 5. The van der Waals surface area contributed by atoms with Crippen molar-refractivity contribution in [1.82, 2.24) is 10.1 Å². The van der Waals surface area contributed by atoms with Gasteiger partial charge in [0, 0.05) is 0 Å². The maximum atomic E-state index is 12.0. The molecular formula is C18H13N3O4. The molecule has 7 heteroatoms. The van der Waals surface area contributed by atoms with Crippen LogP contribution in [-0.4, -0.2) is 23.2 Å². The number of benzene rings is 2. The van der Waals surface area contributed by atoms with Gasteiger partial charge in [0.1, 0.15) is 5.75 Å². The molecule has 0 amide bonds. The van der Waals surface area contributed by atoms with Gasteiger partial charge in [-0.1, -0.05) is 17.3 Å². The molecule has 0 aliphatic rings. The lowest BCUT2D eigenvalue weighted by atomic mass is 10.1. The van der Waals surface area contributed by atoms with E-state index in [0.29, 0.717) is 28.3 Å². The van der Waals surface area contributed by atoms with Crippen molar-refractivity contribution in [1.29, 1.82) is 5.26 Å². The van der Waals surface area contributed by atoms with E-state index in [1.54, 1.807) is 31.4 Å². The number of carbonyl (C=O) groups excluding carboxylic acids is 1. The highest BCUT2D eigenvalue weighted by Crippen LogP contribution is 2.27. The van der Waals surface area contributed by atoms with Crippen molar-refractivity contribution >= 4 is 5.97 Å². The number of carbonyl (C=O) groups is 1. The van der Waals surface area contributed by atoms with Crippen molar-refractivity contribution in [2.24, 2.45) is 0 Å². The topological polar surface area (TPSA) is 98.2 Å². The summed E-state index contributed by atoms with van der Waals surface area (Å²) >= 11 is 0. The van der Waals surface area contributed by atoms with Crippen LogP contribution in [0.3, 0.4) is 0 Å². The van der Waals surface area contributed by atoms with Gasteiger partial charge < -0.3 is 14.0 Å². The third-order valence-electron chi connectivity index (χ3n) is 3.39. The molecule has 3 aromatic rings. The zero-order valence-corrected chi connectivity index (χ0v) is 13.3. The van der Waals surface area contributed by atoms with E-state index in [1.165, 1.54) is 12.1 Å². The molecule has 2 aromatic carbocycles. The molecule has 0 saturated heterocycles. The Hall–Kier alpha value is -3.66. The van der Waals surface area contributed by atoms with Crippen LogP contribution in [0.5, 0.6) is 5.75 Å². The molecule has 0 N–H and O–H groups in total. The first kappa shape index (κ1) is 16.2. The number of esters is 1. The van der Waals surface area contributed by atoms with Crippen LogP contribution in [0.2, 0.25) is 0 Å². The van der Waals surface area contributed by atoms with Crippen LogP contribution in [0.15, 0.2) is 53.1 Å². The average molecular weight is 335 g/mol. The highest BCUT2D eigenvalue weighted by molar-refractivity contribution is 5.89. The smallest absolute Gasteiger partial charge is 0.338 e. The first-order valence-electron chi connectivity index (χ1n) is 7.34. The summed E-state index contributed by atoms with van der Waals surface area (Å²) in [6.45, 7) is -0.152. The van der Waals surface area contributed by atoms with Gasteiger partial charge in [-0.2, -0.15) is 10.2 Å². The van der Waals surface area contributed by atoms with Crippen LogP contribution in [0.1, 0.15) is 21.8 Å². The van der Waals surface area contributed by atoms with Crippen LogP contribution in [-0.2, 0) is 11.3 Å². The predicted octanol–water partition coefficient (Wildman–Crippen LogP) is 2.97. The van der Waals surface area contributed by atoms with Crippen molar-refractivity contribution in [3.8, 4) is 23.2 Å². The molecule has 0 fully saturated rings. The minimum atomic E-state index is -0.540. The van der Waals surface area contributed by atoms with E-state index in [-0.39, 0.29) is 12.5 Å². The summed E-state index contributed by atoms with van der Waals surface area (Å²) < 4.78 is 15.5. The molecule has 1 aromatic heterocycles. The van der Waals surface area contributed by atoms with E-state index >= 15 is 0 Å². The molecule has 0 spiro atoms. The van der Waals surface area contributed by atoms with E-state index in [1.807, 2.05) is 18.2 Å². The highest BCUT2D eigenvalue weighted by Gasteiger charge is 2.15. The minimum absolute atomic E-state index is 0.152. The maximum Gasteiger partial charge on any atom is 0.338 e. The van der Waals surface area contributed by atoms with Crippen molar-refractivity contribution in [2.45, 2.75) is 6.61 Å². The first-order valence-corrected chi connectivity index (χ1v) is 7.34. The highest BCUT2D eigenvalue weighted by atomic mass is 16.6. The maximum absolute atomic E-state index is 12.0. The largest absolute Gasteiger partial charge is 0.496 e. The van der Waals surface area contributed by atoms with E-state index in [0.717, 1.165) is 0 Å². The summed E-state index contributed by atoms with van der Waals surface area (Å²) in [6, 6.07) is 15.4. The summed E-state index contributed by atoms with van der Waals surface area (Å²) in [5.41, 5.74) is 1.48. The second-order valence-corrected chi connectivity index (χ2v) is 4.98. The second kappa shape index (κ2) is 7.27. The number of ether oxygens (including phenoxy) is 2. The SMILES string of the molecule is COc1ccccc1-c1noc(COC(=O)c2ccc(C#N)cc2)n1. The van der Waals surface area contributed by atoms with E-state index in [4.69, 9.17) is 19.3 Å². The third kappa shape index (κ3) is 3.64. The van der Waals surface area contributed by atoms with Crippen LogP contribution < -0.4 is 4.74 Å². The van der Waals surface area contributed by atoms with Crippen molar-refractivity contribution in [2.75, 3.05) is 7.11 Å². The van der Waals surface area contributed by atoms with Gasteiger partial charge in [-0.25, -0.2) is 4.79 Å². The van der Waals surface area contributed by atoms with Crippen LogP contribution in [0.25, 0.3) is 11.4 Å². The van der Waals surface area contributed by atoms with Crippen LogP contribution in [0, 0.1) is 11.3 Å². The molecule has 0 atom stereocenters. The number of nitriles is 1. The Morgan fingerprint density at radius 3 is 2.68 bits per heavy atom. The van der Waals surface area contributed by atoms with E-state index < -0.39 is 5.97 Å². The molecule has 0 radical (unpaired) electrons. The van der Waals surface area contributed by atoms with Gasteiger partial charge in [0.15, 0.2) is 6.61 Å². The molecule has 25 heavy (non-hydrogen) atoms. The standard InChI is InChI=1S/C18H13N3O4/c1-23-15-5-3-2-4-14(15)17-20-16(25-21-17)11-24-18(22)13-8-6-12(10-19)7-9-13/h2-9H,11H2,1H3. The number of para-hydroxylation sites is 1. The van der Waals surface area contributed by atoms with Crippen molar-refractivity contribution in [3.63, 3.8) is 0 Å². The Balaban J connectivity index is 1.67. The Bertz CT molecular complexity index is 926. The summed E-state index contributed by atoms with van der Waals surface area (Å²) in [4.78, 5) is 16.2. The quantitative estimate of drug-likeness (QED) is 0.661. The van der Waals surface area contributed by atoms with Crippen LogP contribution in [0.4, 0.5) is 0 Å². The molecule has 7 nitrogen and oxygen atoms in total. The molecule has 0 unspecified atom stereocenters. The number of hydrogen-bond donors (Lipinski definition) is 0. The lowest BCUT2D eigenvalue weighted by Crippen LogP contribution is -2.05. The molecule has 0 aliphatic carbocycles. The van der Waals surface area contributed by atoms with E-state index in [9.17, 15) is 4.79 Å². The molecule has 0 aliphatic heterocycles. The average Bonchev–Trinajstić information content (AvgIpc) is 3.15. The summed E-state index contributed by atoms with van der Waals surface area (Å²) in [7, 11) is 1.55. The zero-order chi connectivity index (χ0) is 17.6. The van der Waals surface area contributed by atoms with Gasteiger partial charge in [0.2, 0.25) is 5.82 Å². The Morgan fingerprint density at radius 2 is 1.96 bits per heavy atom. The summed E-state index contributed by atoms with van der Waals surface area (Å²) in [5.74, 6) is 0.593. The number of aromatic nitrogens is 2. The fourth-order valence-electron chi connectivity index (χ4n) is 2.14. The number of nitrogens with zero attached hydrogens (tertiary/aromatic N) is 3. The molecule has 1 heterocycles. The summed E-state index contributed by atoms with van der Waals surface area (Å²) in [5, 5.41) is 12.6. The molecule has 3 rings (SSSR count). The van der Waals surface area contributed by atoms with Gasteiger partial charge >= 0.3 is 5.97 Å². The molecule has 0 saturated carbocycles. The first-order chi connectivity index (χ1) is 12.2. The second-order valence-electron chi connectivity index (χ2n) is 4.98.